The lowest BCUT2D eigenvalue weighted by Gasteiger charge is -2.29. The Kier molecular flexibility index (Phi) is 4.57. The standard InChI is InChI=1S/C15H23NO/c1-12(14-6-4-3-5-7-14)11-16-15-8-9-17-13(2)10-15/h3-7,12-13,15-16H,8-11H2,1-2H3. The topological polar surface area (TPSA) is 21.3 Å². The van der Waals surface area contributed by atoms with Crippen LogP contribution in [0.1, 0.15) is 38.2 Å². The molecule has 0 amide bonds. The summed E-state index contributed by atoms with van der Waals surface area (Å²) in [6, 6.07) is 11.3. The van der Waals surface area contributed by atoms with E-state index in [4.69, 9.17) is 4.74 Å². The van der Waals surface area contributed by atoms with Crippen LogP contribution >= 0.6 is 0 Å². The number of hydrogen-bond donors (Lipinski definition) is 1. The largest absolute Gasteiger partial charge is 0.378 e. The number of hydrogen-bond acceptors (Lipinski definition) is 2. The van der Waals surface area contributed by atoms with Crippen molar-refractivity contribution in [2.24, 2.45) is 0 Å². The molecule has 1 aromatic rings. The molecule has 94 valence electrons. The first-order valence-electron chi connectivity index (χ1n) is 6.65. The van der Waals surface area contributed by atoms with Crippen molar-refractivity contribution in [2.45, 2.75) is 44.8 Å². The Hall–Kier alpha value is -0.860. The number of ether oxygens (including phenoxy) is 1. The minimum absolute atomic E-state index is 0.410. The van der Waals surface area contributed by atoms with Gasteiger partial charge in [0.1, 0.15) is 0 Å². The fraction of sp³-hybridized carbons (Fsp3) is 0.600. The predicted molar refractivity (Wildman–Crippen MR) is 71.3 cm³/mol. The Morgan fingerprint density at radius 1 is 1.35 bits per heavy atom. The third-order valence-corrected chi connectivity index (χ3v) is 3.57. The van der Waals surface area contributed by atoms with Crippen molar-refractivity contribution in [3.05, 3.63) is 35.9 Å². The average Bonchev–Trinajstić information content (AvgIpc) is 2.37. The summed E-state index contributed by atoms with van der Waals surface area (Å²) in [5, 5.41) is 3.67. The fourth-order valence-corrected chi connectivity index (χ4v) is 2.43. The molecular formula is C15H23NO. The Bertz CT molecular complexity index is 325. The number of benzene rings is 1. The molecule has 2 rings (SSSR count). The van der Waals surface area contributed by atoms with E-state index in [9.17, 15) is 0 Å². The van der Waals surface area contributed by atoms with Gasteiger partial charge in [-0.15, -0.1) is 0 Å². The molecule has 1 aliphatic rings. The Morgan fingerprint density at radius 3 is 2.82 bits per heavy atom. The summed E-state index contributed by atoms with van der Waals surface area (Å²) in [6.07, 6.45) is 2.70. The van der Waals surface area contributed by atoms with E-state index in [1.165, 1.54) is 5.56 Å². The molecule has 0 bridgehead atoms. The van der Waals surface area contributed by atoms with Gasteiger partial charge in [0, 0.05) is 19.2 Å². The van der Waals surface area contributed by atoms with E-state index < -0.39 is 0 Å². The maximum Gasteiger partial charge on any atom is 0.0561 e. The van der Waals surface area contributed by atoms with Crippen LogP contribution in [-0.4, -0.2) is 25.3 Å². The van der Waals surface area contributed by atoms with E-state index in [2.05, 4.69) is 49.5 Å². The highest BCUT2D eigenvalue weighted by atomic mass is 16.5. The van der Waals surface area contributed by atoms with Crippen LogP contribution in [0.5, 0.6) is 0 Å². The third-order valence-electron chi connectivity index (χ3n) is 3.57. The molecule has 0 spiro atoms. The summed E-state index contributed by atoms with van der Waals surface area (Å²) in [7, 11) is 0. The Morgan fingerprint density at radius 2 is 2.12 bits per heavy atom. The van der Waals surface area contributed by atoms with Crippen molar-refractivity contribution >= 4 is 0 Å². The molecule has 1 heterocycles. The molecule has 1 aliphatic heterocycles. The molecule has 0 saturated carbocycles. The van der Waals surface area contributed by atoms with Crippen LogP contribution < -0.4 is 5.32 Å². The minimum atomic E-state index is 0.410. The van der Waals surface area contributed by atoms with E-state index in [0.29, 0.717) is 18.1 Å². The maximum atomic E-state index is 5.56. The van der Waals surface area contributed by atoms with Gasteiger partial charge < -0.3 is 10.1 Å². The van der Waals surface area contributed by atoms with Crippen LogP contribution in [-0.2, 0) is 4.74 Å². The molecule has 0 radical (unpaired) electrons. The normalized spacial score (nSPS) is 26.7. The molecule has 3 unspecified atom stereocenters. The summed E-state index contributed by atoms with van der Waals surface area (Å²) in [5.74, 6) is 0.578. The lowest BCUT2D eigenvalue weighted by atomic mass is 9.99. The SMILES string of the molecule is CC1CC(NCC(C)c2ccccc2)CCO1. The lowest BCUT2D eigenvalue weighted by molar-refractivity contribution is 0.0132. The van der Waals surface area contributed by atoms with Crippen molar-refractivity contribution in [3.63, 3.8) is 0 Å². The predicted octanol–water partition coefficient (Wildman–Crippen LogP) is 2.95. The van der Waals surface area contributed by atoms with Gasteiger partial charge in [0.25, 0.3) is 0 Å². The molecule has 2 nitrogen and oxygen atoms in total. The summed E-state index contributed by atoms with van der Waals surface area (Å²) in [5.41, 5.74) is 1.42. The number of rotatable bonds is 4. The van der Waals surface area contributed by atoms with Gasteiger partial charge in [-0.05, 0) is 31.2 Å². The molecule has 1 aromatic carbocycles. The van der Waals surface area contributed by atoms with Crippen LogP contribution in [0.15, 0.2) is 30.3 Å². The molecule has 0 aliphatic carbocycles. The summed E-state index contributed by atoms with van der Waals surface area (Å²) >= 11 is 0. The van der Waals surface area contributed by atoms with Crippen LogP contribution in [0.25, 0.3) is 0 Å². The molecular weight excluding hydrogens is 210 g/mol. The highest BCUT2D eigenvalue weighted by Gasteiger charge is 2.19. The zero-order valence-electron chi connectivity index (χ0n) is 10.9. The first-order valence-corrected chi connectivity index (χ1v) is 6.65. The van der Waals surface area contributed by atoms with Gasteiger partial charge in [0.05, 0.1) is 6.10 Å². The maximum absolute atomic E-state index is 5.56. The van der Waals surface area contributed by atoms with Crippen LogP contribution in [0.4, 0.5) is 0 Å². The van der Waals surface area contributed by atoms with E-state index >= 15 is 0 Å². The first-order chi connectivity index (χ1) is 8.25. The third kappa shape index (κ3) is 3.83. The van der Waals surface area contributed by atoms with Gasteiger partial charge in [-0.3, -0.25) is 0 Å². The zero-order chi connectivity index (χ0) is 12.1. The molecule has 17 heavy (non-hydrogen) atoms. The van der Waals surface area contributed by atoms with Gasteiger partial charge in [0.15, 0.2) is 0 Å². The van der Waals surface area contributed by atoms with Gasteiger partial charge in [-0.2, -0.15) is 0 Å². The highest BCUT2D eigenvalue weighted by molar-refractivity contribution is 5.18. The minimum Gasteiger partial charge on any atom is -0.378 e. The molecule has 1 saturated heterocycles. The van der Waals surface area contributed by atoms with Crippen molar-refractivity contribution in [3.8, 4) is 0 Å². The van der Waals surface area contributed by atoms with Crippen LogP contribution in [0, 0.1) is 0 Å². The molecule has 2 heteroatoms. The molecule has 1 fully saturated rings. The fourth-order valence-electron chi connectivity index (χ4n) is 2.43. The molecule has 1 N–H and O–H groups in total. The second-order valence-electron chi connectivity index (χ2n) is 5.12. The number of nitrogens with one attached hydrogen (secondary N) is 1. The first kappa shape index (κ1) is 12.6. The zero-order valence-corrected chi connectivity index (χ0v) is 10.9. The second kappa shape index (κ2) is 6.18. The summed E-state index contributed by atoms with van der Waals surface area (Å²) < 4.78 is 5.56. The Balaban J connectivity index is 1.78. The van der Waals surface area contributed by atoms with Crippen molar-refractivity contribution < 1.29 is 4.74 Å². The van der Waals surface area contributed by atoms with Crippen molar-refractivity contribution in [1.29, 1.82) is 0 Å². The smallest absolute Gasteiger partial charge is 0.0561 e. The van der Waals surface area contributed by atoms with E-state index in [0.717, 1.165) is 26.0 Å². The second-order valence-corrected chi connectivity index (χ2v) is 5.12. The monoisotopic (exact) mass is 233 g/mol. The van der Waals surface area contributed by atoms with Gasteiger partial charge in [-0.25, -0.2) is 0 Å². The molecule has 0 aromatic heterocycles. The van der Waals surface area contributed by atoms with Gasteiger partial charge in [-0.1, -0.05) is 37.3 Å². The van der Waals surface area contributed by atoms with Crippen molar-refractivity contribution in [2.75, 3.05) is 13.2 Å². The summed E-state index contributed by atoms with van der Waals surface area (Å²) in [6.45, 7) is 6.40. The van der Waals surface area contributed by atoms with Gasteiger partial charge in [0.2, 0.25) is 0 Å². The van der Waals surface area contributed by atoms with Crippen molar-refractivity contribution in [1.82, 2.24) is 5.32 Å². The Labute approximate surface area is 104 Å². The van der Waals surface area contributed by atoms with E-state index in [1.54, 1.807) is 0 Å². The summed E-state index contributed by atoms with van der Waals surface area (Å²) in [4.78, 5) is 0. The van der Waals surface area contributed by atoms with E-state index in [-0.39, 0.29) is 0 Å². The highest BCUT2D eigenvalue weighted by Crippen LogP contribution is 2.16. The van der Waals surface area contributed by atoms with Gasteiger partial charge >= 0.3 is 0 Å². The van der Waals surface area contributed by atoms with E-state index in [1.807, 2.05) is 0 Å². The lowest BCUT2D eigenvalue weighted by Crippen LogP contribution is -2.39. The molecule has 3 atom stereocenters. The van der Waals surface area contributed by atoms with Crippen LogP contribution in [0.3, 0.4) is 0 Å². The average molecular weight is 233 g/mol. The quantitative estimate of drug-likeness (QED) is 0.863. The van der Waals surface area contributed by atoms with Crippen LogP contribution in [0.2, 0.25) is 0 Å².